The highest BCUT2D eigenvalue weighted by Crippen LogP contribution is 2.35. The molecule has 0 unspecified atom stereocenters. The van der Waals surface area contributed by atoms with Gasteiger partial charge in [0.2, 0.25) is 0 Å². The third kappa shape index (κ3) is 4.78. The fourth-order valence-corrected chi connectivity index (χ4v) is 4.81. The van der Waals surface area contributed by atoms with Crippen molar-refractivity contribution in [3.05, 3.63) is 69.8 Å². The Bertz CT molecular complexity index is 949. The molecule has 1 amide bonds. The van der Waals surface area contributed by atoms with Crippen LogP contribution in [0.5, 0.6) is 0 Å². The van der Waals surface area contributed by atoms with Gasteiger partial charge in [0.1, 0.15) is 0 Å². The van der Waals surface area contributed by atoms with Gasteiger partial charge in [-0.2, -0.15) is 0 Å². The van der Waals surface area contributed by atoms with E-state index in [0.717, 1.165) is 44.5 Å². The second-order valence-corrected chi connectivity index (χ2v) is 9.07. The Balaban J connectivity index is 1.58. The number of nitrogens with one attached hydrogen (secondary N) is 1. The number of amides is 1. The van der Waals surface area contributed by atoms with Crippen molar-refractivity contribution in [1.29, 1.82) is 0 Å². The predicted molar refractivity (Wildman–Crippen MR) is 124 cm³/mol. The van der Waals surface area contributed by atoms with Crippen LogP contribution in [0, 0.1) is 16.0 Å². The summed E-state index contributed by atoms with van der Waals surface area (Å²) in [5, 5.41) is 14.5. The number of hydrogen-bond acceptors (Lipinski definition) is 5. The van der Waals surface area contributed by atoms with Crippen LogP contribution < -0.4 is 10.2 Å². The molecule has 2 aromatic rings. The second kappa shape index (κ2) is 9.69. The third-order valence-electron chi connectivity index (χ3n) is 6.98. The first-order chi connectivity index (χ1) is 15.5. The summed E-state index contributed by atoms with van der Waals surface area (Å²) in [6, 6.07) is 14.9. The summed E-state index contributed by atoms with van der Waals surface area (Å²) in [4.78, 5) is 26.5. The van der Waals surface area contributed by atoms with E-state index in [1.807, 2.05) is 18.2 Å². The summed E-state index contributed by atoms with van der Waals surface area (Å²) >= 11 is 0. The van der Waals surface area contributed by atoms with Crippen molar-refractivity contribution in [1.82, 2.24) is 5.32 Å². The largest absolute Gasteiger partial charge is 0.381 e. The predicted octanol–water partition coefficient (Wildman–Crippen LogP) is 4.31. The summed E-state index contributed by atoms with van der Waals surface area (Å²) in [5.74, 6) is 0.393. The Labute approximate surface area is 188 Å². The fourth-order valence-electron chi connectivity index (χ4n) is 4.81. The minimum absolute atomic E-state index is 0.0619. The number of nitrogens with zero attached hydrogens (tertiary/aromatic N) is 2. The molecule has 0 aliphatic carbocycles. The van der Waals surface area contributed by atoms with E-state index < -0.39 is 4.92 Å². The summed E-state index contributed by atoms with van der Waals surface area (Å²) in [7, 11) is 0. The molecule has 2 aliphatic heterocycles. The zero-order valence-corrected chi connectivity index (χ0v) is 18.6. The van der Waals surface area contributed by atoms with Gasteiger partial charge < -0.3 is 15.0 Å². The van der Waals surface area contributed by atoms with Crippen molar-refractivity contribution in [3.63, 3.8) is 0 Å². The lowest BCUT2D eigenvalue weighted by Gasteiger charge is -2.38. The molecule has 0 aromatic heterocycles. The molecule has 2 heterocycles. The molecule has 0 saturated carbocycles. The van der Waals surface area contributed by atoms with E-state index in [9.17, 15) is 14.9 Å². The average Bonchev–Trinajstić information content (AvgIpc) is 2.84. The van der Waals surface area contributed by atoms with Crippen LogP contribution in [-0.2, 0) is 10.2 Å². The summed E-state index contributed by atoms with van der Waals surface area (Å²) in [6.45, 7) is 5.71. The molecular weight excluding hydrogens is 406 g/mol. The number of benzene rings is 2. The van der Waals surface area contributed by atoms with Gasteiger partial charge in [-0.25, -0.2) is 0 Å². The van der Waals surface area contributed by atoms with Crippen molar-refractivity contribution >= 4 is 17.3 Å². The van der Waals surface area contributed by atoms with Crippen LogP contribution in [0.3, 0.4) is 0 Å². The summed E-state index contributed by atoms with van der Waals surface area (Å²) < 4.78 is 5.59. The molecule has 170 valence electrons. The molecule has 0 spiro atoms. The van der Waals surface area contributed by atoms with E-state index in [4.69, 9.17) is 4.74 Å². The number of non-ortho nitro benzene ring substituents is 1. The van der Waals surface area contributed by atoms with Gasteiger partial charge in [0.15, 0.2) is 0 Å². The number of carbonyl (C=O) groups excluding carboxylic acids is 1. The Kier molecular flexibility index (Phi) is 6.74. The smallest absolute Gasteiger partial charge is 0.270 e. The minimum atomic E-state index is -0.442. The standard InChI is InChI=1S/C25H31N3O4/c1-19-9-13-27(14-10-19)23-8-7-21(28(30)31)17-22(23)24(29)26-18-25(11-15-32-16-12-25)20-5-3-2-4-6-20/h2-8,17,19H,9-16,18H2,1H3,(H,26,29). The van der Waals surface area contributed by atoms with E-state index in [1.54, 1.807) is 6.07 Å². The lowest BCUT2D eigenvalue weighted by molar-refractivity contribution is -0.384. The maximum atomic E-state index is 13.4. The van der Waals surface area contributed by atoms with Crippen LogP contribution in [0.1, 0.15) is 48.5 Å². The van der Waals surface area contributed by atoms with Crippen LogP contribution in [0.2, 0.25) is 0 Å². The van der Waals surface area contributed by atoms with Gasteiger partial charge >= 0.3 is 0 Å². The first-order valence-corrected chi connectivity index (χ1v) is 11.4. The van der Waals surface area contributed by atoms with E-state index in [-0.39, 0.29) is 17.0 Å². The molecule has 2 saturated heterocycles. The second-order valence-electron chi connectivity index (χ2n) is 9.07. The molecule has 32 heavy (non-hydrogen) atoms. The van der Waals surface area contributed by atoms with Crippen LogP contribution in [0.25, 0.3) is 0 Å². The SMILES string of the molecule is CC1CCN(c2ccc([N+](=O)[O-])cc2C(=O)NCC2(c3ccccc3)CCOCC2)CC1. The quantitative estimate of drug-likeness (QED) is 0.538. The highest BCUT2D eigenvalue weighted by atomic mass is 16.6. The van der Waals surface area contributed by atoms with Gasteiger partial charge in [-0.15, -0.1) is 0 Å². The molecule has 0 atom stereocenters. The molecular formula is C25H31N3O4. The van der Waals surface area contributed by atoms with Gasteiger partial charge in [0.25, 0.3) is 11.6 Å². The number of piperidine rings is 1. The van der Waals surface area contributed by atoms with Gasteiger partial charge in [-0.05, 0) is 43.2 Å². The number of hydrogen-bond donors (Lipinski definition) is 1. The maximum absolute atomic E-state index is 13.4. The van der Waals surface area contributed by atoms with Crippen molar-refractivity contribution in [2.45, 2.75) is 38.0 Å². The third-order valence-corrected chi connectivity index (χ3v) is 6.98. The van der Waals surface area contributed by atoms with Crippen molar-refractivity contribution in [2.75, 3.05) is 37.7 Å². The first kappa shape index (κ1) is 22.3. The Morgan fingerprint density at radius 3 is 2.50 bits per heavy atom. The molecule has 2 aromatic carbocycles. The van der Waals surface area contributed by atoms with Crippen LogP contribution in [-0.4, -0.2) is 43.7 Å². The zero-order chi connectivity index (χ0) is 22.6. The van der Waals surface area contributed by atoms with E-state index in [0.29, 0.717) is 31.2 Å². The number of anilines is 1. The zero-order valence-electron chi connectivity index (χ0n) is 18.6. The molecule has 2 fully saturated rings. The Morgan fingerprint density at radius 2 is 1.84 bits per heavy atom. The molecule has 2 aliphatic rings. The molecule has 1 N–H and O–H groups in total. The molecule has 4 rings (SSSR count). The van der Waals surface area contributed by atoms with E-state index >= 15 is 0 Å². The number of ether oxygens (including phenoxy) is 1. The number of carbonyl (C=O) groups is 1. The highest BCUT2D eigenvalue weighted by molar-refractivity contribution is 6.00. The van der Waals surface area contributed by atoms with E-state index in [1.165, 1.54) is 17.7 Å². The van der Waals surface area contributed by atoms with Gasteiger partial charge in [-0.1, -0.05) is 37.3 Å². The normalized spacial score (nSPS) is 18.8. The Morgan fingerprint density at radius 1 is 1.16 bits per heavy atom. The number of nitro groups is 1. The summed E-state index contributed by atoms with van der Waals surface area (Å²) in [5.41, 5.74) is 2.09. The van der Waals surface area contributed by atoms with Crippen molar-refractivity contribution in [2.24, 2.45) is 5.92 Å². The van der Waals surface area contributed by atoms with Gasteiger partial charge in [0, 0.05) is 50.4 Å². The molecule has 0 bridgehead atoms. The Hall–Kier alpha value is -2.93. The topological polar surface area (TPSA) is 84.7 Å². The van der Waals surface area contributed by atoms with Crippen molar-refractivity contribution in [3.8, 4) is 0 Å². The minimum Gasteiger partial charge on any atom is -0.381 e. The lowest BCUT2D eigenvalue weighted by atomic mass is 9.74. The molecule has 7 nitrogen and oxygen atoms in total. The molecule has 0 radical (unpaired) electrons. The van der Waals surface area contributed by atoms with Gasteiger partial charge in [0.05, 0.1) is 16.2 Å². The lowest BCUT2D eigenvalue weighted by Crippen LogP contribution is -2.45. The summed E-state index contributed by atoms with van der Waals surface area (Å²) in [6.07, 6.45) is 3.75. The van der Waals surface area contributed by atoms with Crippen LogP contribution in [0.4, 0.5) is 11.4 Å². The fraction of sp³-hybridized carbons (Fsp3) is 0.480. The highest BCUT2D eigenvalue weighted by Gasteiger charge is 2.35. The van der Waals surface area contributed by atoms with Crippen LogP contribution in [0.15, 0.2) is 48.5 Å². The number of nitro benzene ring substituents is 1. The van der Waals surface area contributed by atoms with E-state index in [2.05, 4.69) is 29.3 Å². The van der Waals surface area contributed by atoms with Crippen LogP contribution >= 0.6 is 0 Å². The van der Waals surface area contributed by atoms with Gasteiger partial charge in [-0.3, -0.25) is 14.9 Å². The molecule has 7 heteroatoms. The first-order valence-electron chi connectivity index (χ1n) is 11.4. The number of rotatable bonds is 6. The van der Waals surface area contributed by atoms with Crippen molar-refractivity contribution < 1.29 is 14.5 Å². The monoisotopic (exact) mass is 437 g/mol. The maximum Gasteiger partial charge on any atom is 0.270 e. The average molecular weight is 438 g/mol.